The zero-order chi connectivity index (χ0) is 13.2. The molecule has 0 aromatic heterocycles. The van der Waals surface area contributed by atoms with Crippen LogP contribution in [0.15, 0.2) is 0 Å². The van der Waals surface area contributed by atoms with Crippen LogP contribution in [0.1, 0.15) is 58.8 Å². The predicted molar refractivity (Wildman–Crippen MR) is 75.7 cm³/mol. The van der Waals surface area contributed by atoms with E-state index in [9.17, 15) is 4.79 Å². The molecule has 104 valence electrons. The predicted octanol–water partition coefficient (Wildman–Crippen LogP) is 3.73. The molecule has 2 fully saturated rings. The van der Waals surface area contributed by atoms with Crippen LogP contribution < -0.4 is 5.32 Å². The highest BCUT2D eigenvalue weighted by atomic mass is 35.5. The van der Waals surface area contributed by atoms with Gasteiger partial charge in [0.2, 0.25) is 5.91 Å². The van der Waals surface area contributed by atoms with E-state index in [1.165, 1.54) is 32.1 Å². The number of carbonyl (C=O) groups is 1. The van der Waals surface area contributed by atoms with Crippen molar-refractivity contribution in [3.05, 3.63) is 0 Å². The van der Waals surface area contributed by atoms with E-state index in [-0.39, 0.29) is 17.2 Å². The first kappa shape index (κ1) is 14.2. The molecule has 2 nitrogen and oxygen atoms in total. The molecule has 3 atom stereocenters. The van der Waals surface area contributed by atoms with Crippen molar-refractivity contribution in [1.82, 2.24) is 5.32 Å². The molecule has 0 saturated heterocycles. The minimum Gasteiger partial charge on any atom is -0.353 e. The lowest BCUT2D eigenvalue weighted by Gasteiger charge is -2.38. The Morgan fingerprint density at radius 3 is 2.67 bits per heavy atom. The number of hydrogen-bond donors (Lipinski definition) is 1. The molecule has 1 N–H and O–H groups in total. The number of alkyl halides is 1. The number of carbonyl (C=O) groups excluding carboxylic acids is 1. The Morgan fingerprint density at radius 2 is 2.00 bits per heavy atom. The van der Waals surface area contributed by atoms with Gasteiger partial charge in [0.1, 0.15) is 0 Å². The molecule has 18 heavy (non-hydrogen) atoms. The van der Waals surface area contributed by atoms with Crippen molar-refractivity contribution in [1.29, 1.82) is 0 Å². The molecular formula is C15H26ClNO. The van der Waals surface area contributed by atoms with Gasteiger partial charge in [0.05, 0.1) is 0 Å². The maximum Gasteiger partial charge on any atom is 0.223 e. The van der Waals surface area contributed by atoms with Gasteiger partial charge in [-0.1, -0.05) is 33.1 Å². The standard InChI is InChI=1S/C15H26ClNO/c1-15(2)9-4-3-7-12(15)14(18)17-13-8-5-6-11(13)10-16/h11-13H,3-10H2,1-2H3,(H,17,18). The van der Waals surface area contributed by atoms with Gasteiger partial charge in [-0.2, -0.15) is 0 Å². The van der Waals surface area contributed by atoms with Gasteiger partial charge in [-0.25, -0.2) is 0 Å². The van der Waals surface area contributed by atoms with Gasteiger partial charge in [0.25, 0.3) is 0 Å². The van der Waals surface area contributed by atoms with E-state index in [2.05, 4.69) is 19.2 Å². The Hall–Kier alpha value is -0.240. The van der Waals surface area contributed by atoms with E-state index in [1.54, 1.807) is 0 Å². The monoisotopic (exact) mass is 271 g/mol. The summed E-state index contributed by atoms with van der Waals surface area (Å²) in [4.78, 5) is 12.5. The Balaban J connectivity index is 1.94. The average molecular weight is 272 g/mol. The number of nitrogens with one attached hydrogen (secondary N) is 1. The number of halogens is 1. The van der Waals surface area contributed by atoms with Crippen LogP contribution >= 0.6 is 11.6 Å². The second-order valence-corrected chi connectivity index (χ2v) is 7.06. The lowest BCUT2D eigenvalue weighted by Crippen LogP contribution is -2.46. The second-order valence-electron chi connectivity index (χ2n) is 6.75. The third-order valence-electron chi connectivity index (χ3n) is 5.01. The van der Waals surface area contributed by atoms with Crippen molar-refractivity contribution in [3.63, 3.8) is 0 Å². The third kappa shape index (κ3) is 3.01. The topological polar surface area (TPSA) is 29.1 Å². The molecule has 0 aliphatic heterocycles. The van der Waals surface area contributed by atoms with Gasteiger partial charge < -0.3 is 5.32 Å². The van der Waals surface area contributed by atoms with Crippen molar-refractivity contribution in [2.45, 2.75) is 64.8 Å². The Morgan fingerprint density at radius 1 is 1.22 bits per heavy atom. The van der Waals surface area contributed by atoms with E-state index in [1.807, 2.05) is 0 Å². The van der Waals surface area contributed by atoms with Gasteiger partial charge in [-0.15, -0.1) is 11.6 Å². The summed E-state index contributed by atoms with van der Waals surface area (Å²) in [6.45, 7) is 4.48. The van der Waals surface area contributed by atoms with E-state index in [4.69, 9.17) is 11.6 Å². The normalized spacial score (nSPS) is 35.4. The summed E-state index contributed by atoms with van der Waals surface area (Å²) in [5.41, 5.74) is 0.164. The molecule has 0 radical (unpaired) electrons. The first-order valence-electron chi connectivity index (χ1n) is 7.41. The summed E-state index contributed by atoms with van der Waals surface area (Å²) in [5.74, 6) is 1.64. The van der Waals surface area contributed by atoms with Crippen LogP contribution in [0.25, 0.3) is 0 Å². The largest absolute Gasteiger partial charge is 0.353 e. The molecule has 0 heterocycles. The average Bonchev–Trinajstić information content (AvgIpc) is 2.75. The molecule has 2 aliphatic rings. The highest BCUT2D eigenvalue weighted by Crippen LogP contribution is 2.41. The lowest BCUT2D eigenvalue weighted by molar-refractivity contribution is -0.131. The van der Waals surface area contributed by atoms with Crippen molar-refractivity contribution in [3.8, 4) is 0 Å². The van der Waals surface area contributed by atoms with Gasteiger partial charge in [-0.05, 0) is 37.0 Å². The van der Waals surface area contributed by atoms with Gasteiger partial charge in [-0.3, -0.25) is 4.79 Å². The fourth-order valence-electron chi connectivity index (χ4n) is 3.67. The van der Waals surface area contributed by atoms with Crippen molar-refractivity contribution in [2.24, 2.45) is 17.3 Å². The van der Waals surface area contributed by atoms with Crippen LogP contribution in [-0.2, 0) is 4.79 Å². The van der Waals surface area contributed by atoms with Crippen LogP contribution in [-0.4, -0.2) is 17.8 Å². The fraction of sp³-hybridized carbons (Fsp3) is 0.933. The smallest absolute Gasteiger partial charge is 0.223 e. The molecular weight excluding hydrogens is 246 g/mol. The summed E-state index contributed by atoms with van der Waals surface area (Å²) in [5, 5.41) is 3.28. The van der Waals surface area contributed by atoms with E-state index >= 15 is 0 Å². The maximum atomic E-state index is 12.5. The fourth-order valence-corrected chi connectivity index (χ4v) is 4.04. The highest BCUT2D eigenvalue weighted by Gasteiger charge is 2.38. The zero-order valence-electron chi connectivity index (χ0n) is 11.7. The van der Waals surface area contributed by atoms with Gasteiger partial charge >= 0.3 is 0 Å². The van der Waals surface area contributed by atoms with Crippen LogP contribution in [0, 0.1) is 17.3 Å². The first-order valence-corrected chi connectivity index (χ1v) is 7.94. The first-order chi connectivity index (χ1) is 8.54. The summed E-state index contributed by atoms with van der Waals surface area (Å²) < 4.78 is 0. The summed E-state index contributed by atoms with van der Waals surface area (Å²) in [7, 11) is 0. The van der Waals surface area contributed by atoms with Crippen LogP contribution in [0.3, 0.4) is 0 Å². The van der Waals surface area contributed by atoms with Crippen molar-refractivity contribution < 1.29 is 4.79 Å². The number of hydrogen-bond acceptors (Lipinski definition) is 1. The summed E-state index contributed by atoms with van der Waals surface area (Å²) in [6.07, 6.45) is 8.18. The van der Waals surface area contributed by atoms with E-state index in [0.717, 1.165) is 12.8 Å². The molecule has 3 heteroatoms. The Bertz CT molecular complexity index is 303. The molecule has 2 rings (SSSR count). The lowest BCUT2D eigenvalue weighted by atomic mass is 9.68. The van der Waals surface area contributed by atoms with Crippen molar-refractivity contribution in [2.75, 3.05) is 5.88 Å². The van der Waals surface area contributed by atoms with E-state index < -0.39 is 0 Å². The highest BCUT2D eigenvalue weighted by molar-refractivity contribution is 6.18. The third-order valence-corrected chi connectivity index (χ3v) is 5.41. The quantitative estimate of drug-likeness (QED) is 0.779. The van der Waals surface area contributed by atoms with Crippen molar-refractivity contribution >= 4 is 17.5 Å². The van der Waals surface area contributed by atoms with Crippen LogP contribution in [0.2, 0.25) is 0 Å². The minimum atomic E-state index is 0.164. The van der Waals surface area contributed by atoms with E-state index in [0.29, 0.717) is 17.8 Å². The Kier molecular flexibility index (Phi) is 4.58. The zero-order valence-corrected chi connectivity index (χ0v) is 12.4. The molecule has 2 saturated carbocycles. The maximum absolute atomic E-state index is 12.5. The van der Waals surface area contributed by atoms with Gasteiger partial charge in [0, 0.05) is 17.8 Å². The van der Waals surface area contributed by atoms with Gasteiger partial charge in [0.15, 0.2) is 0 Å². The SMILES string of the molecule is CC1(C)CCCCC1C(=O)NC1CCCC1CCl. The molecule has 2 aliphatic carbocycles. The molecule has 0 aromatic rings. The number of rotatable bonds is 3. The summed E-state index contributed by atoms with van der Waals surface area (Å²) in [6, 6.07) is 0.327. The van der Waals surface area contributed by atoms with Crippen LogP contribution in [0.5, 0.6) is 0 Å². The van der Waals surface area contributed by atoms with Crippen LogP contribution in [0.4, 0.5) is 0 Å². The minimum absolute atomic E-state index is 0.164. The molecule has 0 aromatic carbocycles. The molecule has 0 spiro atoms. The molecule has 0 bridgehead atoms. The molecule has 3 unspecified atom stereocenters. The Labute approximate surface area is 116 Å². The number of amides is 1. The summed E-state index contributed by atoms with van der Waals surface area (Å²) >= 11 is 5.98. The second kappa shape index (κ2) is 5.81. The molecule has 1 amide bonds.